The Hall–Kier alpha value is -4.59. The Morgan fingerprint density at radius 2 is 1.50 bits per heavy atom. The number of unbranched alkanes of at least 4 members (excludes halogenated alkanes) is 7. The number of nitrogens with two attached hydrogens (primary N) is 1. The monoisotopic (exact) mass is 778 g/mol. The summed E-state index contributed by atoms with van der Waals surface area (Å²) in [6.07, 6.45) is -1.47. The highest BCUT2D eigenvalue weighted by molar-refractivity contribution is 6.08. The van der Waals surface area contributed by atoms with Gasteiger partial charge >= 0.3 is 5.69 Å². The third-order valence-electron chi connectivity index (χ3n) is 10.1. The molecule has 2 aromatic carbocycles. The number of hydrogen-bond donors (Lipinski definition) is 6. The van der Waals surface area contributed by atoms with Crippen molar-refractivity contribution in [3.05, 3.63) is 111 Å². The first kappa shape index (κ1) is 41.1. The summed E-state index contributed by atoms with van der Waals surface area (Å²) < 4.78 is 26.1. The van der Waals surface area contributed by atoms with Crippen molar-refractivity contribution in [1.82, 2.24) is 24.5 Å². The molecule has 2 aliphatic rings. The van der Waals surface area contributed by atoms with Crippen LogP contribution in [0.5, 0.6) is 5.75 Å². The number of carbonyl (C=O) groups is 1. The number of aliphatic hydroxyl groups excluding tert-OH is 4. The van der Waals surface area contributed by atoms with Crippen LogP contribution >= 0.6 is 0 Å². The van der Waals surface area contributed by atoms with Crippen molar-refractivity contribution in [3.8, 4) is 5.75 Å². The standard InChI is InChI=1S/C39H50N6O11/c40-22-28-31(48)34(51)38(54-28)56-35(36-32(49)33(50)37(55-36)45-20-18-29(46)41-39(45)52)27-23-44(43-42-27)19-10-5-3-1-2-4-6-11-21-53-26-16-14-25(15-17-26)30(47)24-12-8-7-9-13-24/h7-9,12-18,20,23,28,31-38,48-51H,1-6,10-11,19,21-22,40H2,(H,41,46,52)/t28-,31-,32+,33-,34-,35-,36+,37-,38+/m1/s1. The number of benzene rings is 2. The molecule has 302 valence electrons. The lowest BCUT2D eigenvalue weighted by molar-refractivity contribution is -0.224. The molecule has 17 nitrogen and oxygen atoms in total. The van der Waals surface area contributed by atoms with E-state index in [-0.39, 0.29) is 18.0 Å². The summed E-state index contributed by atoms with van der Waals surface area (Å²) in [6.45, 7) is 1.06. The number of carbonyl (C=O) groups excluding carboxylic acids is 1. The van der Waals surface area contributed by atoms with Gasteiger partial charge in [0.25, 0.3) is 5.56 Å². The molecule has 0 bridgehead atoms. The predicted octanol–water partition coefficient (Wildman–Crippen LogP) is 1.34. The van der Waals surface area contributed by atoms with Crippen LogP contribution < -0.4 is 21.7 Å². The van der Waals surface area contributed by atoms with Crippen molar-refractivity contribution in [3.63, 3.8) is 0 Å². The summed E-state index contributed by atoms with van der Waals surface area (Å²) in [5, 5.41) is 51.4. The van der Waals surface area contributed by atoms with Crippen molar-refractivity contribution >= 4 is 5.78 Å². The summed E-state index contributed by atoms with van der Waals surface area (Å²) in [5.41, 5.74) is 5.64. The fourth-order valence-corrected chi connectivity index (χ4v) is 6.91. The third kappa shape index (κ3) is 10.0. The van der Waals surface area contributed by atoms with Gasteiger partial charge in [-0.3, -0.25) is 23.8 Å². The molecule has 0 aliphatic carbocycles. The average molecular weight is 779 g/mol. The van der Waals surface area contributed by atoms with Gasteiger partial charge in [-0.25, -0.2) is 4.79 Å². The number of aliphatic hydroxyl groups is 4. The van der Waals surface area contributed by atoms with Gasteiger partial charge in [0, 0.05) is 36.5 Å². The number of aromatic nitrogens is 5. The zero-order chi connectivity index (χ0) is 39.6. The topological polar surface area (TPSA) is 246 Å². The normalized spacial score (nSPS) is 25.4. The maximum absolute atomic E-state index is 12.6. The van der Waals surface area contributed by atoms with Crippen molar-refractivity contribution in [2.45, 2.75) is 113 Å². The summed E-state index contributed by atoms with van der Waals surface area (Å²) in [7, 11) is 0. The highest BCUT2D eigenvalue weighted by atomic mass is 16.7. The Bertz CT molecular complexity index is 1950. The van der Waals surface area contributed by atoms with E-state index < -0.39 is 66.5 Å². The van der Waals surface area contributed by atoms with Crippen LogP contribution in [0.15, 0.2) is 82.6 Å². The van der Waals surface area contributed by atoms with Crippen molar-refractivity contribution in [2.24, 2.45) is 5.73 Å². The van der Waals surface area contributed by atoms with Crippen LogP contribution in [-0.2, 0) is 20.8 Å². The molecule has 2 aromatic heterocycles. The van der Waals surface area contributed by atoms with Gasteiger partial charge in [0.05, 0.1) is 12.8 Å². The number of aromatic amines is 1. The molecule has 6 rings (SSSR count). The summed E-state index contributed by atoms with van der Waals surface area (Å²) >= 11 is 0. The first-order chi connectivity index (χ1) is 27.1. The molecule has 0 saturated carbocycles. The number of ether oxygens (including phenoxy) is 4. The van der Waals surface area contributed by atoms with E-state index in [2.05, 4.69) is 15.3 Å². The van der Waals surface area contributed by atoms with Gasteiger partial charge in [-0.2, -0.15) is 0 Å². The zero-order valence-corrected chi connectivity index (χ0v) is 30.9. The third-order valence-corrected chi connectivity index (χ3v) is 10.1. The van der Waals surface area contributed by atoms with E-state index in [1.165, 1.54) is 0 Å². The lowest BCUT2D eigenvalue weighted by Crippen LogP contribution is -2.40. The number of nitrogens with one attached hydrogen (secondary N) is 1. The first-order valence-corrected chi connectivity index (χ1v) is 19.1. The fourth-order valence-electron chi connectivity index (χ4n) is 6.91. The molecule has 2 fully saturated rings. The number of aryl methyl sites for hydroxylation is 1. The Balaban J connectivity index is 0.930. The summed E-state index contributed by atoms with van der Waals surface area (Å²) in [5.74, 6) is 0.734. The highest BCUT2D eigenvalue weighted by Gasteiger charge is 2.52. The van der Waals surface area contributed by atoms with Crippen LogP contribution in [0.2, 0.25) is 0 Å². The molecule has 4 aromatic rings. The quantitative estimate of drug-likeness (QED) is 0.0548. The van der Waals surface area contributed by atoms with Gasteiger partial charge in [-0.15, -0.1) is 5.10 Å². The average Bonchev–Trinajstić information content (AvgIpc) is 3.88. The molecule has 0 unspecified atom stereocenters. The molecular weight excluding hydrogens is 728 g/mol. The van der Waals surface area contributed by atoms with E-state index in [1.54, 1.807) is 35.1 Å². The number of rotatable bonds is 20. The zero-order valence-electron chi connectivity index (χ0n) is 30.9. The van der Waals surface area contributed by atoms with E-state index in [9.17, 15) is 34.8 Å². The first-order valence-electron chi connectivity index (χ1n) is 19.1. The SMILES string of the molecule is NC[C@H]1O[C@@H](O[C@H](c2cn(CCCCCCCCCCOc3ccc(C(=O)c4ccccc4)cc3)nn2)[C@H]2O[C@@H](n3ccc(=O)[nH]c3=O)[C@H](O)[C@@H]2O)[C@H](O)[C@@H]1O. The number of ketones is 1. The van der Waals surface area contributed by atoms with Crippen molar-refractivity contribution in [1.29, 1.82) is 0 Å². The molecule has 17 heteroatoms. The molecule has 0 amide bonds. The Morgan fingerprint density at radius 1 is 0.821 bits per heavy atom. The van der Waals surface area contributed by atoms with E-state index in [0.29, 0.717) is 24.3 Å². The molecule has 0 radical (unpaired) electrons. The number of nitrogens with zero attached hydrogens (tertiary/aromatic N) is 4. The molecular formula is C39H50N6O11. The van der Waals surface area contributed by atoms with Gasteiger partial charge in [0.1, 0.15) is 54.2 Å². The second-order valence-electron chi connectivity index (χ2n) is 14.1. The second-order valence-corrected chi connectivity index (χ2v) is 14.1. The maximum Gasteiger partial charge on any atom is 0.330 e. The van der Waals surface area contributed by atoms with Crippen molar-refractivity contribution in [2.75, 3.05) is 13.2 Å². The smallest absolute Gasteiger partial charge is 0.330 e. The summed E-state index contributed by atoms with van der Waals surface area (Å²) in [6, 6.07) is 17.5. The van der Waals surface area contributed by atoms with E-state index in [1.807, 2.05) is 30.3 Å². The Labute approximate surface area is 322 Å². The minimum absolute atomic E-state index is 0.0132. The van der Waals surface area contributed by atoms with Gasteiger partial charge < -0.3 is 45.1 Å². The van der Waals surface area contributed by atoms with Crippen LogP contribution in [0.4, 0.5) is 0 Å². The van der Waals surface area contributed by atoms with E-state index in [0.717, 1.165) is 73.9 Å². The van der Waals surface area contributed by atoms with E-state index in [4.69, 9.17) is 24.7 Å². The Morgan fingerprint density at radius 3 is 2.18 bits per heavy atom. The van der Waals surface area contributed by atoms with Crippen LogP contribution in [0.3, 0.4) is 0 Å². The summed E-state index contributed by atoms with van der Waals surface area (Å²) in [4.78, 5) is 38.7. The number of H-pyrrole nitrogens is 1. The van der Waals surface area contributed by atoms with Gasteiger partial charge in [-0.05, 0) is 37.1 Å². The molecule has 2 saturated heterocycles. The van der Waals surface area contributed by atoms with Crippen molar-refractivity contribution < 1.29 is 44.2 Å². The second kappa shape index (κ2) is 19.5. The lowest BCUT2D eigenvalue weighted by Gasteiger charge is -2.28. The van der Waals surface area contributed by atoms with Gasteiger partial charge in [0.2, 0.25) is 0 Å². The molecule has 7 N–H and O–H groups in total. The molecule has 2 aliphatic heterocycles. The fraction of sp³-hybridized carbons (Fsp3) is 0.513. The predicted molar refractivity (Wildman–Crippen MR) is 200 cm³/mol. The minimum Gasteiger partial charge on any atom is -0.494 e. The minimum atomic E-state index is -1.61. The lowest BCUT2D eigenvalue weighted by atomic mass is 10.0. The van der Waals surface area contributed by atoms with Crippen LogP contribution in [0.25, 0.3) is 0 Å². The Kier molecular flexibility index (Phi) is 14.3. The van der Waals surface area contributed by atoms with Crippen LogP contribution in [-0.4, -0.2) is 107 Å². The largest absolute Gasteiger partial charge is 0.494 e. The maximum atomic E-state index is 12.6. The van der Waals surface area contributed by atoms with E-state index >= 15 is 0 Å². The van der Waals surface area contributed by atoms with Crippen LogP contribution in [0.1, 0.15) is 85.3 Å². The molecule has 0 spiro atoms. The van der Waals surface area contributed by atoms with Gasteiger partial charge in [0.15, 0.2) is 18.3 Å². The number of hydrogen-bond acceptors (Lipinski definition) is 14. The molecule has 56 heavy (non-hydrogen) atoms. The van der Waals surface area contributed by atoms with Crippen LogP contribution in [0, 0.1) is 0 Å². The molecule has 9 atom stereocenters. The van der Waals surface area contributed by atoms with Gasteiger partial charge in [-0.1, -0.05) is 74.1 Å². The highest BCUT2D eigenvalue weighted by Crippen LogP contribution is 2.39. The molecule has 4 heterocycles.